The first-order valence-corrected chi connectivity index (χ1v) is 7.28. The van der Waals surface area contributed by atoms with Crippen molar-refractivity contribution in [3.63, 3.8) is 0 Å². The van der Waals surface area contributed by atoms with Crippen LogP contribution in [0, 0.1) is 22.7 Å². The fraction of sp³-hybridized carbons (Fsp3) is 0.750. The predicted molar refractivity (Wildman–Crippen MR) is 72.7 cm³/mol. The summed E-state index contributed by atoms with van der Waals surface area (Å²) in [6.07, 6.45) is 4.70. The van der Waals surface area contributed by atoms with E-state index in [1.807, 2.05) is 6.08 Å². The molecule has 0 bridgehead atoms. The summed E-state index contributed by atoms with van der Waals surface area (Å²) in [5.74, 6) is -0.863. The van der Waals surface area contributed by atoms with Gasteiger partial charge in [-0.05, 0) is 36.0 Å². The number of carbonyl (C=O) groups excluding carboxylic acids is 2. The van der Waals surface area contributed by atoms with E-state index in [2.05, 4.69) is 20.8 Å². The van der Waals surface area contributed by atoms with Gasteiger partial charge in [0.25, 0.3) is 0 Å². The van der Waals surface area contributed by atoms with E-state index >= 15 is 0 Å². The Hall–Kier alpha value is -1.16. The molecule has 2 aliphatic carbocycles. The minimum atomic E-state index is -0.447. The lowest BCUT2D eigenvalue weighted by Gasteiger charge is -2.56. The van der Waals surface area contributed by atoms with Gasteiger partial charge in [0.15, 0.2) is 0 Å². The van der Waals surface area contributed by atoms with E-state index in [1.165, 1.54) is 0 Å². The van der Waals surface area contributed by atoms with Crippen molar-refractivity contribution < 1.29 is 19.1 Å². The van der Waals surface area contributed by atoms with Crippen molar-refractivity contribution in [3.8, 4) is 0 Å². The number of methoxy groups -OCH3 is 1. The molecule has 0 aromatic carbocycles. The van der Waals surface area contributed by atoms with Crippen molar-refractivity contribution in [1.82, 2.24) is 0 Å². The molecule has 0 spiro atoms. The molecule has 4 heteroatoms. The standard InChI is InChI=1S/C16H22O4/c1-15(2)7-9(19-4)8-16(3)11(15)6-5-10-12(16)14(18)20-13(10)17/h5,9,11-12H,6-8H2,1-4H3. The van der Waals surface area contributed by atoms with Gasteiger partial charge in [-0.2, -0.15) is 0 Å². The Morgan fingerprint density at radius 1 is 1.25 bits per heavy atom. The van der Waals surface area contributed by atoms with Crippen LogP contribution in [0.15, 0.2) is 11.6 Å². The highest BCUT2D eigenvalue weighted by molar-refractivity contribution is 6.08. The largest absolute Gasteiger partial charge is 0.389 e. The molecule has 0 amide bonds. The number of rotatable bonds is 1. The fourth-order valence-corrected chi connectivity index (χ4v) is 4.93. The van der Waals surface area contributed by atoms with E-state index in [0.29, 0.717) is 11.5 Å². The molecular formula is C16H22O4. The van der Waals surface area contributed by atoms with Crippen LogP contribution in [0.2, 0.25) is 0 Å². The van der Waals surface area contributed by atoms with E-state index in [9.17, 15) is 9.59 Å². The van der Waals surface area contributed by atoms with Crippen molar-refractivity contribution in [3.05, 3.63) is 11.6 Å². The number of carbonyl (C=O) groups is 2. The summed E-state index contributed by atoms with van der Waals surface area (Å²) in [6, 6.07) is 0. The average Bonchev–Trinajstić information content (AvgIpc) is 2.64. The van der Waals surface area contributed by atoms with Crippen LogP contribution in [-0.4, -0.2) is 25.2 Å². The third-order valence-electron chi connectivity index (χ3n) is 5.70. The normalized spacial score (nSPS) is 42.6. The highest BCUT2D eigenvalue weighted by Gasteiger charge is 2.61. The molecule has 1 heterocycles. The molecule has 2 fully saturated rings. The molecule has 0 radical (unpaired) electrons. The quantitative estimate of drug-likeness (QED) is 0.546. The zero-order chi connectivity index (χ0) is 14.7. The van der Waals surface area contributed by atoms with Gasteiger partial charge in [0.05, 0.1) is 12.0 Å². The topological polar surface area (TPSA) is 52.6 Å². The second kappa shape index (κ2) is 4.17. The number of hydrogen-bond acceptors (Lipinski definition) is 4. The highest BCUT2D eigenvalue weighted by atomic mass is 16.6. The lowest BCUT2D eigenvalue weighted by atomic mass is 9.48. The first-order chi connectivity index (χ1) is 9.29. The van der Waals surface area contributed by atoms with Crippen LogP contribution >= 0.6 is 0 Å². The summed E-state index contributed by atoms with van der Waals surface area (Å²) in [5.41, 5.74) is 0.401. The van der Waals surface area contributed by atoms with E-state index < -0.39 is 11.9 Å². The maximum atomic E-state index is 12.2. The summed E-state index contributed by atoms with van der Waals surface area (Å²) in [6.45, 7) is 6.60. The molecule has 20 heavy (non-hydrogen) atoms. The van der Waals surface area contributed by atoms with Gasteiger partial charge >= 0.3 is 11.9 Å². The van der Waals surface area contributed by atoms with Gasteiger partial charge in [-0.1, -0.05) is 26.8 Å². The molecule has 1 saturated heterocycles. The van der Waals surface area contributed by atoms with E-state index in [4.69, 9.17) is 9.47 Å². The van der Waals surface area contributed by atoms with Crippen LogP contribution in [0.25, 0.3) is 0 Å². The molecule has 3 aliphatic rings. The Balaban J connectivity index is 2.08. The molecule has 4 atom stereocenters. The molecule has 4 nitrogen and oxygen atoms in total. The molecule has 1 aliphatic heterocycles. The summed E-state index contributed by atoms with van der Waals surface area (Å²) in [7, 11) is 1.72. The van der Waals surface area contributed by atoms with Gasteiger partial charge in [0.2, 0.25) is 0 Å². The minimum Gasteiger partial charge on any atom is -0.389 e. The summed E-state index contributed by atoms with van der Waals surface area (Å²) in [5, 5.41) is 0. The van der Waals surface area contributed by atoms with Gasteiger partial charge in [-0.3, -0.25) is 4.79 Å². The molecule has 3 rings (SSSR count). The van der Waals surface area contributed by atoms with Crippen LogP contribution < -0.4 is 0 Å². The molecule has 0 N–H and O–H groups in total. The Kier molecular flexibility index (Phi) is 2.88. The maximum Gasteiger partial charge on any atom is 0.342 e. The Bertz CT molecular complexity index is 505. The summed E-state index contributed by atoms with van der Waals surface area (Å²) >= 11 is 0. The number of cyclic esters (lactones) is 2. The third-order valence-corrected chi connectivity index (χ3v) is 5.70. The van der Waals surface area contributed by atoms with Gasteiger partial charge in [-0.15, -0.1) is 0 Å². The molecule has 0 aromatic heterocycles. The van der Waals surface area contributed by atoms with Crippen LogP contribution in [0.4, 0.5) is 0 Å². The molecular weight excluding hydrogens is 256 g/mol. The Morgan fingerprint density at radius 2 is 1.95 bits per heavy atom. The number of esters is 2. The number of fused-ring (bicyclic) bond motifs is 3. The van der Waals surface area contributed by atoms with Gasteiger partial charge in [-0.25, -0.2) is 4.79 Å². The molecule has 0 aromatic rings. The molecule has 4 unspecified atom stereocenters. The summed E-state index contributed by atoms with van der Waals surface area (Å²) < 4.78 is 10.5. The summed E-state index contributed by atoms with van der Waals surface area (Å²) in [4.78, 5) is 24.0. The van der Waals surface area contributed by atoms with Crippen LogP contribution in [0.1, 0.15) is 40.0 Å². The third kappa shape index (κ3) is 1.70. The lowest BCUT2D eigenvalue weighted by Crippen LogP contribution is -2.53. The van der Waals surface area contributed by atoms with Crippen LogP contribution in [0.5, 0.6) is 0 Å². The fourth-order valence-electron chi connectivity index (χ4n) is 4.93. The number of allylic oxidation sites excluding steroid dienone is 1. The second-order valence-corrected chi connectivity index (χ2v) is 7.35. The minimum absolute atomic E-state index is 0.0849. The zero-order valence-electron chi connectivity index (χ0n) is 12.6. The number of ether oxygens (including phenoxy) is 2. The highest BCUT2D eigenvalue weighted by Crippen LogP contribution is 2.61. The van der Waals surface area contributed by atoms with E-state index in [1.54, 1.807) is 7.11 Å². The number of hydrogen-bond donors (Lipinski definition) is 0. The first-order valence-electron chi connectivity index (χ1n) is 7.28. The Morgan fingerprint density at radius 3 is 2.60 bits per heavy atom. The van der Waals surface area contributed by atoms with Crippen LogP contribution in [0.3, 0.4) is 0 Å². The van der Waals surface area contributed by atoms with Crippen molar-refractivity contribution in [2.45, 2.75) is 46.1 Å². The van der Waals surface area contributed by atoms with Crippen molar-refractivity contribution in [1.29, 1.82) is 0 Å². The lowest BCUT2D eigenvalue weighted by molar-refractivity contribution is -0.158. The molecule has 110 valence electrons. The second-order valence-electron chi connectivity index (χ2n) is 7.35. The van der Waals surface area contributed by atoms with Gasteiger partial charge < -0.3 is 9.47 Å². The van der Waals surface area contributed by atoms with Crippen molar-refractivity contribution in [2.24, 2.45) is 22.7 Å². The van der Waals surface area contributed by atoms with E-state index in [-0.39, 0.29) is 22.9 Å². The van der Waals surface area contributed by atoms with Gasteiger partial charge in [0, 0.05) is 12.7 Å². The average molecular weight is 278 g/mol. The maximum absolute atomic E-state index is 12.2. The zero-order valence-corrected chi connectivity index (χ0v) is 12.6. The van der Waals surface area contributed by atoms with Crippen molar-refractivity contribution in [2.75, 3.05) is 7.11 Å². The smallest absolute Gasteiger partial charge is 0.342 e. The van der Waals surface area contributed by atoms with Crippen LogP contribution in [-0.2, 0) is 19.1 Å². The Labute approximate surface area is 119 Å². The SMILES string of the molecule is COC1CC(C)(C)C2CC=C3C(=O)OC(=O)C3C2(C)C1. The van der Waals surface area contributed by atoms with Gasteiger partial charge in [0.1, 0.15) is 0 Å². The van der Waals surface area contributed by atoms with Crippen molar-refractivity contribution >= 4 is 11.9 Å². The molecule has 1 saturated carbocycles. The first kappa shape index (κ1) is 13.8. The van der Waals surface area contributed by atoms with E-state index in [0.717, 1.165) is 19.3 Å². The predicted octanol–water partition coefficient (Wildman–Crippen LogP) is 2.47. The monoisotopic (exact) mass is 278 g/mol.